The molecule has 0 N–H and O–H groups in total. The summed E-state index contributed by atoms with van der Waals surface area (Å²) < 4.78 is 9.87. The lowest BCUT2D eigenvalue weighted by Crippen LogP contribution is -1.97. The second-order valence-corrected chi connectivity index (χ2v) is 5.33. The summed E-state index contributed by atoms with van der Waals surface area (Å²) in [5.41, 5.74) is 2.93. The average molecular weight is 278 g/mol. The van der Waals surface area contributed by atoms with Crippen LogP contribution in [0.15, 0.2) is 17.4 Å². The van der Waals surface area contributed by atoms with Crippen molar-refractivity contribution < 1.29 is 0 Å². The van der Waals surface area contributed by atoms with E-state index in [1.807, 2.05) is 19.9 Å². The molecule has 3 aromatic heterocycles. The number of hydrogen-bond acceptors (Lipinski definition) is 7. The summed E-state index contributed by atoms with van der Waals surface area (Å²) in [6.45, 7) is 3.95. The van der Waals surface area contributed by atoms with Crippen LogP contribution in [-0.4, -0.2) is 28.3 Å². The molecule has 0 amide bonds. The van der Waals surface area contributed by atoms with Gasteiger partial charge < -0.3 is 0 Å². The summed E-state index contributed by atoms with van der Waals surface area (Å²) in [7, 11) is 0. The highest BCUT2D eigenvalue weighted by molar-refractivity contribution is 7.98. The van der Waals surface area contributed by atoms with Gasteiger partial charge in [0.15, 0.2) is 0 Å². The Kier molecular flexibility index (Phi) is 2.96. The molecule has 0 atom stereocenters. The molecule has 0 aromatic carbocycles. The first-order valence-corrected chi connectivity index (χ1v) is 7.04. The topological polar surface area (TPSA) is 68.9 Å². The van der Waals surface area contributed by atoms with Crippen molar-refractivity contribution >= 4 is 29.3 Å². The number of fused-ring (bicyclic) bond motifs is 1. The smallest absolute Gasteiger partial charge is 0.216 e. The second-order valence-electron chi connectivity index (χ2n) is 3.83. The van der Waals surface area contributed by atoms with Crippen LogP contribution < -0.4 is 0 Å². The Morgan fingerprint density at radius 2 is 2.22 bits per heavy atom. The van der Waals surface area contributed by atoms with Crippen molar-refractivity contribution in [3.63, 3.8) is 0 Å². The van der Waals surface area contributed by atoms with Crippen molar-refractivity contribution in [1.29, 1.82) is 0 Å². The molecule has 0 radical (unpaired) electrons. The van der Waals surface area contributed by atoms with Gasteiger partial charge in [0.25, 0.3) is 5.78 Å². The minimum Gasteiger partial charge on any atom is -0.216 e. The summed E-state index contributed by atoms with van der Waals surface area (Å²) in [6.07, 6.45) is 1.76. The summed E-state index contributed by atoms with van der Waals surface area (Å²) >= 11 is 2.75. The first kappa shape index (κ1) is 11.5. The Balaban J connectivity index is 1.87. The van der Waals surface area contributed by atoms with Gasteiger partial charge in [-0.3, -0.25) is 0 Å². The van der Waals surface area contributed by atoms with E-state index in [1.54, 1.807) is 10.7 Å². The maximum atomic E-state index is 4.41. The zero-order chi connectivity index (χ0) is 12.5. The van der Waals surface area contributed by atoms with E-state index in [9.17, 15) is 0 Å². The van der Waals surface area contributed by atoms with Gasteiger partial charge in [-0.25, -0.2) is 9.50 Å². The van der Waals surface area contributed by atoms with Crippen molar-refractivity contribution in [3.05, 3.63) is 29.3 Å². The highest BCUT2D eigenvalue weighted by Gasteiger charge is 2.08. The Hall–Kier alpha value is -1.54. The lowest BCUT2D eigenvalue weighted by molar-refractivity contribution is 0.843. The molecule has 0 fully saturated rings. The molecule has 3 aromatic rings. The minimum atomic E-state index is 0.645. The van der Waals surface area contributed by atoms with Crippen molar-refractivity contribution in [1.82, 2.24) is 28.3 Å². The zero-order valence-corrected chi connectivity index (χ0v) is 11.5. The SMILES string of the molecule is Cc1cc(C)n2nc(SCc3cnsn3)nc2n1. The van der Waals surface area contributed by atoms with Gasteiger partial charge in [0.05, 0.1) is 23.6 Å². The van der Waals surface area contributed by atoms with Gasteiger partial charge in [-0.05, 0) is 19.9 Å². The van der Waals surface area contributed by atoms with Crippen LogP contribution in [0.2, 0.25) is 0 Å². The number of rotatable bonds is 3. The molecule has 3 rings (SSSR count). The number of nitrogens with zero attached hydrogens (tertiary/aromatic N) is 6. The fraction of sp³-hybridized carbons (Fsp3) is 0.300. The van der Waals surface area contributed by atoms with Gasteiger partial charge in [-0.1, -0.05) is 11.8 Å². The summed E-state index contributed by atoms with van der Waals surface area (Å²) in [5.74, 6) is 1.37. The number of aryl methyl sites for hydroxylation is 2. The third-order valence-corrected chi connectivity index (χ3v) is 3.74. The van der Waals surface area contributed by atoms with Crippen LogP contribution >= 0.6 is 23.5 Å². The summed E-state index contributed by atoms with van der Waals surface area (Å²) in [4.78, 5) is 8.74. The molecule has 0 aliphatic heterocycles. The van der Waals surface area contributed by atoms with Crippen LogP contribution in [0.5, 0.6) is 0 Å². The van der Waals surface area contributed by atoms with Crippen molar-refractivity contribution in [2.75, 3.05) is 0 Å². The van der Waals surface area contributed by atoms with Gasteiger partial charge in [0.2, 0.25) is 5.16 Å². The predicted molar refractivity (Wildman–Crippen MR) is 69.7 cm³/mol. The number of hydrogen-bond donors (Lipinski definition) is 0. The van der Waals surface area contributed by atoms with Crippen LogP contribution in [0.25, 0.3) is 5.78 Å². The molecule has 0 saturated heterocycles. The van der Waals surface area contributed by atoms with Crippen molar-refractivity contribution in [2.45, 2.75) is 24.8 Å². The van der Waals surface area contributed by atoms with Crippen molar-refractivity contribution in [2.24, 2.45) is 0 Å². The second kappa shape index (κ2) is 4.62. The van der Waals surface area contributed by atoms with Crippen LogP contribution in [0, 0.1) is 13.8 Å². The molecule has 0 unspecified atom stereocenters. The third-order valence-electron chi connectivity index (χ3n) is 2.35. The van der Waals surface area contributed by atoms with E-state index in [0.29, 0.717) is 10.9 Å². The monoisotopic (exact) mass is 278 g/mol. The fourth-order valence-electron chi connectivity index (χ4n) is 1.60. The van der Waals surface area contributed by atoms with E-state index in [4.69, 9.17) is 0 Å². The van der Waals surface area contributed by atoms with E-state index >= 15 is 0 Å². The van der Waals surface area contributed by atoms with E-state index < -0.39 is 0 Å². The van der Waals surface area contributed by atoms with E-state index in [0.717, 1.165) is 22.8 Å². The lowest BCUT2D eigenvalue weighted by atomic mass is 10.4. The molecule has 92 valence electrons. The third kappa shape index (κ3) is 2.21. The van der Waals surface area contributed by atoms with Crippen molar-refractivity contribution in [3.8, 4) is 0 Å². The molecule has 0 spiro atoms. The molecule has 0 aliphatic rings. The fourth-order valence-corrected chi connectivity index (χ4v) is 2.81. The normalized spacial score (nSPS) is 11.2. The molecule has 3 heterocycles. The molecule has 0 bridgehead atoms. The van der Waals surface area contributed by atoms with Gasteiger partial charge in [-0.2, -0.15) is 13.7 Å². The summed E-state index contributed by atoms with van der Waals surface area (Å²) in [6, 6.07) is 1.99. The van der Waals surface area contributed by atoms with E-state index in [1.165, 1.54) is 23.5 Å². The maximum Gasteiger partial charge on any atom is 0.253 e. The molecular formula is C10H10N6S2. The van der Waals surface area contributed by atoms with Crippen LogP contribution in [0.4, 0.5) is 0 Å². The molecule has 0 saturated carbocycles. The molecule has 0 aliphatic carbocycles. The average Bonchev–Trinajstić information content (AvgIpc) is 2.93. The Labute approximate surface area is 112 Å². The van der Waals surface area contributed by atoms with Gasteiger partial charge >= 0.3 is 0 Å². The Morgan fingerprint density at radius 3 is 3.00 bits per heavy atom. The van der Waals surface area contributed by atoms with Crippen LogP contribution in [0.3, 0.4) is 0 Å². The van der Waals surface area contributed by atoms with Gasteiger partial charge in [0.1, 0.15) is 0 Å². The predicted octanol–water partition coefficient (Wildman–Crippen LogP) is 1.88. The molecule has 8 heteroatoms. The number of aromatic nitrogens is 6. The highest BCUT2D eigenvalue weighted by atomic mass is 32.2. The summed E-state index contributed by atoms with van der Waals surface area (Å²) in [5, 5.41) is 5.13. The van der Waals surface area contributed by atoms with Crippen LogP contribution in [-0.2, 0) is 5.75 Å². The molecule has 6 nitrogen and oxygen atoms in total. The first-order valence-electron chi connectivity index (χ1n) is 5.32. The zero-order valence-electron chi connectivity index (χ0n) is 9.86. The van der Waals surface area contributed by atoms with Crippen LogP contribution in [0.1, 0.15) is 17.1 Å². The van der Waals surface area contributed by atoms with Gasteiger partial charge in [0, 0.05) is 17.1 Å². The Bertz CT molecular complexity index is 675. The Morgan fingerprint density at radius 1 is 1.33 bits per heavy atom. The standard InChI is InChI=1S/C10H10N6S2/c1-6-3-7(2)16-9(12-6)13-10(14-16)17-5-8-4-11-18-15-8/h3-4H,5H2,1-2H3. The lowest BCUT2D eigenvalue weighted by Gasteiger charge is -1.97. The number of thioether (sulfide) groups is 1. The molecular weight excluding hydrogens is 268 g/mol. The van der Waals surface area contributed by atoms with E-state index in [2.05, 4.69) is 23.8 Å². The quantitative estimate of drug-likeness (QED) is 0.681. The largest absolute Gasteiger partial charge is 0.253 e. The molecule has 18 heavy (non-hydrogen) atoms. The van der Waals surface area contributed by atoms with E-state index in [-0.39, 0.29) is 0 Å². The highest BCUT2D eigenvalue weighted by Crippen LogP contribution is 2.19. The first-order chi connectivity index (χ1) is 8.72. The van der Waals surface area contributed by atoms with Gasteiger partial charge in [-0.15, -0.1) is 5.10 Å². The maximum absolute atomic E-state index is 4.41. The minimum absolute atomic E-state index is 0.645.